The third-order valence-electron chi connectivity index (χ3n) is 3.38. The number of benzene rings is 1. The summed E-state index contributed by atoms with van der Waals surface area (Å²) in [6.45, 7) is 1.95. The second-order valence-corrected chi connectivity index (χ2v) is 4.67. The van der Waals surface area contributed by atoms with Crippen LogP contribution >= 0.6 is 0 Å². The van der Waals surface area contributed by atoms with Crippen LogP contribution in [-0.2, 0) is 6.42 Å². The minimum atomic E-state index is -0.334. The number of carbonyl (C=O) groups excluding carboxylic acids is 1. The summed E-state index contributed by atoms with van der Waals surface area (Å²) in [4.78, 5) is 16.4. The molecule has 3 rings (SSSR count). The number of nitrogens with two attached hydrogens (primary N) is 1. The molecule has 0 bridgehead atoms. The van der Waals surface area contributed by atoms with Crippen molar-refractivity contribution in [3.63, 3.8) is 0 Å². The number of carbonyl (C=O) groups is 1. The highest BCUT2D eigenvalue weighted by molar-refractivity contribution is 6.10. The molecule has 0 saturated carbocycles. The zero-order chi connectivity index (χ0) is 14.8. The van der Waals surface area contributed by atoms with Crippen LogP contribution in [0.3, 0.4) is 0 Å². The molecule has 6 nitrogen and oxygen atoms in total. The highest BCUT2D eigenvalue weighted by Gasteiger charge is 2.17. The second-order valence-electron chi connectivity index (χ2n) is 4.67. The number of fused-ring (bicyclic) bond motifs is 1. The summed E-state index contributed by atoms with van der Waals surface area (Å²) >= 11 is 0. The first-order valence-electron chi connectivity index (χ1n) is 6.67. The van der Waals surface area contributed by atoms with Gasteiger partial charge in [0.15, 0.2) is 5.69 Å². The number of amides is 1. The summed E-state index contributed by atoms with van der Waals surface area (Å²) in [6, 6.07) is 7.56. The Labute approximate surface area is 121 Å². The highest BCUT2D eigenvalue weighted by Crippen LogP contribution is 2.23. The van der Waals surface area contributed by atoms with Crippen LogP contribution < -0.4 is 11.1 Å². The molecule has 0 aliphatic rings. The molecule has 0 saturated heterocycles. The number of hydrogen-bond acceptors (Lipinski definition) is 4. The molecule has 2 aromatic heterocycles. The highest BCUT2D eigenvalue weighted by atomic mass is 16.2. The van der Waals surface area contributed by atoms with Gasteiger partial charge < -0.3 is 11.1 Å². The van der Waals surface area contributed by atoms with Gasteiger partial charge in [-0.1, -0.05) is 19.1 Å². The number of pyridine rings is 1. The third-order valence-corrected chi connectivity index (χ3v) is 3.38. The third kappa shape index (κ3) is 2.31. The van der Waals surface area contributed by atoms with Crippen LogP contribution in [0.1, 0.15) is 23.1 Å². The van der Waals surface area contributed by atoms with Crippen molar-refractivity contribution in [1.82, 2.24) is 15.2 Å². The van der Waals surface area contributed by atoms with Gasteiger partial charge in [-0.15, -0.1) is 0 Å². The molecule has 0 spiro atoms. The topological polar surface area (TPSA) is 96.7 Å². The average Bonchev–Trinajstić information content (AvgIpc) is 2.88. The van der Waals surface area contributed by atoms with Gasteiger partial charge >= 0.3 is 0 Å². The number of aromatic amines is 1. The first-order valence-corrected chi connectivity index (χ1v) is 6.67. The molecule has 1 aromatic carbocycles. The molecule has 1 amide bonds. The van der Waals surface area contributed by atoms with Crippen LogP contribution in [0, 0.1) is 0 Å². The zero-order valence-corrected chi connectivity index (χ0v) is 11.6. The summed E-state index contributed by atoms with van der Waals surface area (Å²) in [6.07, 6.45) is 4.13. The van der Waals surface area contributed by atoms with Crippen LogP contribution in [0.15, 0.2) is 36.7 Å². The number of rotatable bonds is 3. The molecular weight excluding hydrogens is 266 g/mol. The first kappa shape index (κ1) is 13.1. The molecule has 0 fully saturated rings. The Hall–Kier alpha value is -2.89. The summed E-state index contributed by atoms with van der Waals surface area (Å²) in [5, 5.41) is 11.5. The first-order chi connectivity index (χ1) is 10.2. The van der Waals surface area contributed by atoms with E-state index in [0.29, 0.717) is 17.8 Å². The molecule has 3 aromatic rings. The predicted octanol–water partition coefficient (Wildman–Crippen LogP) is 2.35. The van der Waals surface area contributed by atoms with Crippen molar-refractivity contribution in [3.05, 3.63) is 48.0 Å². The number of aromatic nitrogens is 3. The number of nitrogen functional groups attached to an aromatic ring is 1. The zero-order valence-electron chi connectivity index (χ0n) is 11.6. The minimum Gasteiger partial charge on any atom is -0.395 e. The lowest BCUT2D eigenvalue weighted by Gasteiger charge is -2.07. The summed E-state index contributed by atoms with van der Waals surface area (Å²) < 4.78 is 0. The minimum absolute atomic E-state index is 0.216. The van der Waals surface area contributed by atoms with Gasteiger partial charge in [0, 0.05) is 17.8 Å². The predicted molar refractivity (Wildman–Crippen MR) is 82.1 cm³/mol. The van der Waals surface area contributed by atoms with Crippen molar-refractivity contribution < 1.29 is 4.79 Å². The van der Waals surface area contributed by atoms with Crippen LogP contribution in [0.4, 0.5) is 11.4 Å². The molecule has 0 aliphatic carbocycles. The van der Waals surface area contributed by atoms with E-state index in [-0.39, 0.29) is 11.6 Å². The van der Waals surface area contributed by atoms with E-state index in [1.165, 1.54) is 0 Å². The lowest BCUT2D eigenvalue weighted by atomic mass is 10.1. The van der Waals surface area contributed by atoms with Crippen LogP contribution in [0.5, 0.6) is 0 Å². The van der Waals surface area contributed by atoms with Crippen molar-refractivity contribution in [2.75, 3.05) is 11.1 Å². The number of H-pyrrole nitrogens is 1. The summed E-state index contributed by atoms with van der Waals surface area (Å²) in [5.41, 5.74) is 7.98. The van der Waals surface area contributed by atoms with Gasteiger partial charge in [0.1, 0.15) is 0 Å². The summed E-state index contributed by atoms with van der Waals surface area (Å²) in [5.74, 6) is -0.334. The Bertz CT molecular complexity index is 803. The van der Waals surface area contributed by atoms with Gasteiger partial charge in [-0.25, -0.2) is 0 Å². The van der Waals surface area contributed by atoms with Gasteiger partial charge in [-0.05, 0) is 23.9 Å². The van der Waals surface area contributed by atoms with E-state index >= 15 is 0 Å². The second kappa shape index (κ2) is 5.24. The molecule has 0 unspecified atom stereocenters. The van der Waals surface area contributed by atoms with E-state index in [0.717, 1.165) is 16.5 Å². The van der Waals surface area contributed by atoms with Crippen LogP contribution in [0.25, 0.3) is 10.8 Å². The SMILES string of the molecule is CCc1[nH]nc(C(=O)Nc2cccc3ccncc23)c1N. The van der Waals surface area contributed by atoms with E-state index in [4.69, 9.17) is 5.73 Å². The van der Waals surface area contributed by atoms with Crippen molar-refractivity contribution in [1.29, 1.82) is 0 Å². The number of nitrogens with one attached hydrogen (secondary N) is 2. The molecule has 0 atom stereocenters. The Kier molecular flexibility index (Phi) is 3.27. The van der Waals surface area contributed by atoms with E-state index in [2.05, 4.69) is 20.5 Å². The van der Waals surface area contributed by atoms with Crippen LogP contribution in [-0.4, -0.2) is 21.1 Å². The quantitative estimate of drug-likeness (QED) is 0.686. The largest absolute Gasteiger partial charge is 0.395 e. The maximum atomic E-state index is 12.3. The van der Waals surface area contributed by atoms with Crippen molar-refractivity contribution in [2.45, 2.75) is 13.3 Å². The maximum Gasteiger partial charge on any atom is 0.278 e. The lowest BCUT2D eigenvalue weighted by molar-refractivity contribution is 0.102. The number of hydrogen-bond donors (Lipinski definition) is 3. The Balaban J connectivity index is 1.95. The molecule has 0 aliphatic heterocycles. The average molecular weight is 281 g/mol. The lowest BCUT2D eigenvalue weighted by Crippen LogP contribution is -2.14. The van der Waals surface area contributed by atoms with Gasteiger partial charge in [0.25, 0.3) is 5.91 Å². The fourth-order valence-corrected chi connectivity index (χ4v) is 2.23. The number of nitrogens with zero attached hydrogens (tertiary/aromatic N) is 2. The van der Waals surface area contributed by atoms with E-state index < -0.39 is 0 Å². The van der Waals surface area contributed by atoms with Gasteiger partial charge in [-0.2, -0.15) is 5.10 Å². The molecule has 4 N–H and O–H groups in total. The standard InChI is InChI=1S/C15H15N5O/c1-2-11-13(16)14(20-19-11)15(21)18-12-5-3-4-9-6-7-17-8-10(9)12/h3-8H,2,16H2,1H3,(H,18,21)(H,19,20). The molecule has 0 radical (unpaired) electrons. The normalized spacial score (nSPS) is 10.7. The van der Waals surface area contributed by atoms with Crippen molar-refractivity contribution in [3.8, 4) is 0 Å². The van der Waals surface area contributed by atoms with E-state index in [1.807, 2.05) is 31.2 Å². The molecular formula is C15H15N5O. The molecule has 6 heteroatoms. The van der Waals surface area contributed by atoms with Gasteiger partial charge in [0.05, 0.1) is 17.1 Å². The summed E-state index contributed by atoms with van der Waals surface area (Å²) in [7, 11) is 0. The maximum absolute atomic E-state index is 12.3. The Morgan fingerprint density at radius 3 is 3.00 bits per heavy atom. The fourth-order valence-electron chi connectivity index (χ4n) is 2.23. The molecule has 2 heterocycles. The Morgan fingerprint density at radius 2 is 2.24 bits per heavy atom. The van der Waals surface area contributed by atoms with Crippen LogP contribution in [0.2, 0.25) is 0 Å². The van der Waals surface area contributed by atoms with Crippen molar-refractivity contribution in [2.24, 2.45) is 0 Å². The van der Waals surface area contributed by atoms with E-state index in [9.17, 15) is 4.79 Å². The molecule has 21 heavy (non-hydrogen) atoms. The molecule has 106 valence electrons. The smallest absolute Gasteiger partial charge is 0.278 e. The number of aryl methyl sites for hydroxylation is 1. The van der Waals surface area contributed by atoms with E-state index in [1.54, 1.807) is 12.4 Å². The van der Waals surface area contributed by atoms with Gasteiger partial charge in [-0.3, -0.25) is 14.9 Å². The monoisotopic (exact) mass is 281 g/mol. The van der Waals surface area contributed by atoms with Crippen molar-refractivity contribution >= 4 is 28.1 Å². The fraction of sp³-hybridized carbons (Fsp3) is 0.133. The Morgan fingerprint density at radius 1 is 1.38 bits per heavy atom. The van der Waals surface area contributed by atoms with Gasteiger partial charge in [0.2, 0.25) is 0 Å². The number of anilines is 2.